The van der Waals surface area contributed by atoms with E-state index >= 15 is 0 Å². The molecule has 9 heterocycles. The first kappa shape index (κ1) is 44.6. The van der Waals surface area contributed by atoms with Crippen molar-refractivity contribution in [2.75, 3.05) is 31.5 Å². The Hall–Kier alpha value is -8.51. The van der Waals surface area contributed by atoms with E-state index in [1.165, 1.54) is 4.90 Å². The number of fused-ring (bicyclic) bond motifs is 11. The maximum Gasteiger partial charge on any atom is 0.227 e. The molecule has 0 saturated carbocycles. The highest BCUT2D eigenvalue weighted by Gasteiger charge is 2.38. The fourth-order valence-corrected chi connectivity index (χ4v) is 11.9. The molecular weight excluding hydrogens is 967 g/mol. The van der Waals surface area contributed by atoms with Crippen molar-refractivity contribution in [3.63, 3.8) is 0 Å². The maximum atomic E-state index is 8.74. The predicted molar refractivity (Wildman–Crippen MR) is 323 cm³/mol. The zero-order chi connectivity index (χ0) is 58.9. The Morgan fingerprint density at radius 2 is 0.833 bits per heavy atom. The molecule has 3 unspecified atom stereocenters. The molecule has 12 heteroatoms. The van der Waals surface area contributed by atoms with Gasteiger partial charge in [0, 0.05) is 84.9 Å². The Morgan fingerprint density at radius 3 is 1.27 bits per heavy atom. The van der Waals surface area contributed by atoms with E-state index in [0.29, 0.717) is 22.8 Å². The van der Waals surface area contributed by atoms with Crippen molar-refractivity contribution in [2.24, 2.45) is 0 Å². The van der Waals surface area contributed by atoms with E-state index in [4.69, 9.17) is 20.1 Å². The largest absolute Gasteiger partial charge is 0.435 e. The summed E-state index contributed by atoms with van der Waals surface area (Å²) in [5, 5.41) is 6.15. The molecule has 6 aromatic heterocycles. The summed E-state index contributed by atoms with van der Waals surface area (Å²) in [6, 6.07) is 39.3. The lowest BCUT2D eigenvalue weighted by Gasteiger charge is -2.33. The maximum absolute atomic E-state index is 8.74. The average molecular weight is 1040 g/mol. The number of para-hydroxylation sites is 4. The van der Waals surface area contributed by atoms with E-state index in [1.807, 2.05) is 140 Å². The lowest BCUT2D eigenvalue weighted by Crippen LogP contribution is -2.42. The highest BCUT2D eigenvalue weighted by atomic mass is 16.3. The molecule has 3 atom stereocenters. The third-order valence-corrected chi connectivity index (χ3v) is 15.7. The van der Waals surface area contributed by atoms with Crippen LogP contribution in [0.2, 0.25) is 0 Å². The molecule has 12 nitrogen and oxygen atoms in total. The summed E-state index contributed by atoms with van der Waals surface area (Å²) in [6.45, 7) is 23.7. The number of benzene rings is 5. The molecule has 0 aliphatic carbocycles. The van der Waals surface area contributed by atoms with Crippen LogP contribution in [0, 0.1) is 41.5 Å². The van der Waals surface area contributed by atoms with Crippen LogP contribution in [0.25, 0.3) is 66.2 Å². The van der Waals surface area contributed by atoms with Gasteiger partial charge in [-0.1, -0.05) is 60.7 Å². The summed E-state index contributed by atoms with van der Waals surface area (Å²) in [7, 11) is 0. The fourth-order valence-electron chi connectivity index (χ4n) is 11.9. The van der Waals surface area contributed by atoms with Crippen molar-refractivity contribution in [3.05, 3.63) is 167 Å². The van der Waals surface area contributed by atoms with Crippen molar-refractivity contribution < 1.29 is 20.1 Å². The number of pyridine rings is 3. The van der Waals surface area contributed by atoms with E-state index in [-0.39, 0.29) is 12.3 Å². The number of furan rings is 3. The Bertz CT molecular complexity index is 4200. The van der Waals surface area contributed by atoms with E-state index in [9.17, 15) is 0 Å². The minimum Gasteiger partial charge on any atom is -0.435 e. The SMILES string of the molecule is [2H]C(C)(C)N1C=CN(c2c(C)ccc3c2oc2nc(C)ccc23)C1C.[2H]C(C)(C)N1c2ccccc2N(c2c(C)ccc3c2oc2nc(C)ccc23)C1C.[2H]C([2H])([2H])N1c2ccccc2N(c2c(C)ccc3c2oc2nc(C)ccc23)C1C. The van der Waals surface area contributed by atoms with Crippen molar-refractivity contribution >= 4 is 106 Å². The van der Waals surface area contributed by atoms with Crippen LogP contribution in [0.4, 0.5) is 39.8 Å². The van der Waals surface area contributed by atoms with Crippen LogP contribution >= 0.6 is 0 Å². The van der Waals surface area contributed by atoms with Gasteiger partial charge in [0.05, 0.1) is 42.6 Å². The van der Waals surface area contributed by atoms with Crippen molar-refractivity contribution in [2.45, 2.75) is 121 Å². The molecule has 0 radical (unpaired) electrons. The van der Waals surface area contributed by atoms with Gasteiger partial charge < -0.3 is 42.7 Å². The van der Waals surface area contributed by atoms with Gasteiger partial charge in [0.25, 0.3) is 0 Å². The Balaban J connectivity index is 0.000000123. The third-order valence-electron chi connectivity index (χ3n) is 15.7. The Labute approximate surface area is 463 Å². The minimum atomic E-state index is -2.25. The summed E-state index contributed by atoms with van der Waals surface area (Å²) in [5.41, 5.74) is 17.1. The van der Waals surface area contributed by atoms with E-state index in [0.717, 1.165) is 117 Å². The first-order chi connectivity index (χ1) is 39.3. The summed E-state index contributed by atoms with van der Waals surface area (Å²) in [6.07, 6.45) is 3.65. The van der Waals surface area contributed by atoms with Gasteiger partial charge in [0.15, 0.2) is 16.7 Å². The molecule has 3 aliphatic rings. The summed E-state index contributed by atoms with van der Waals surface area (Å²) < 4.78 is 60.0. The van der Waals surface area contributed by atoms with Gasteiger partial charge in [-0.3, -0.25) is 0 Å². The van der Waals surface area contributed by atoms with Crippen LogP contribution in [0.5, 0.6) is 0 Å². The highest BCUT2D eigenvalue weighted by molar-refractivity contribution is 6.12. The zero-order valence-corrected chi connectivity index (χ0v) is 46.7. The standard InChI is InChI=1S/C24H25N3O.C22H21N3O.C20H23N3O/c1-14(2)26-17(5)27(21-9-7-6-8-20(21)26)22-15(3)10-12-18-19-13-11-16(4)25-24(19)28-23(18)22;1-13-9-11-16-17-12-10-14(2)23-22(17)26-21(16)20(13)25-15(3)24(4)18-7-5-6-8-19(18)25;1-12(2)22-10-11-23(15(22)5)18-13(3)6-8-16-17-9-7-14(4)21-20(17)24-19(16)18/h6-14,17H,1-5H3;5-12,15H,1-4H3;6-12,15H,1-5H3/i14D;4D3;12D. The van der Waals surface area contributed by atoms with Gasteiger partial charge >= 0.3 is 0 Å². The quantitative estimate of drug-likeness (QED) is 0.164. The molecule has 0 amide bonds. The van der Waals surface area contributed by atoms with Crippen molar-refractivity contribution in [1.82, 2.24) is 19.9 Å². The normalized spacial score (nSPS) is 18.4. The van der Waals surface area contributed by atoms with Gasteiger partial charge in [0.1, 0.15) is 18.5 Å². The van der Waals surface area contributed by atoms with Crippen LogP contribution in [-0.2, 0) is 0 Å². The topological polar surface area (TPSA) is 97.5 Å². The second-order valence-corrected chi connectivity index (χ2v) is 21.4. The number of nitrogens with zero attached hydrogens (tertiary/aromatic N) is 9. The van der Waals surface area contributed by atoms with Gasteiger partial charge in [-0.2, -0.15) is 0 Å². The zero-order valence-electron chi connectivity index (χ0n) is 51.7. The lowest BCUT2D eigenvalue weighted by molar-refractivity contribution is 0.263. The van der Waals surface area contributed by atoms with Crippen LogP contribution in [-0.4, -0.2) is 57.4 Å². The van der Waals surface area contributed by atoms with Gasteiger partial charge in [-0.05, 0) is 167 Å². The molecular formula is C66H69N9O3. The molecule has 3 aliphatic heterocycles. The molecule has 396 valence electrons. The minimum absolute atomic E-state index is 0.0212. The van der Waals surface area contributed by atoms with Gasteiger partial charge in [-0.25, -0.2) is 15.0 Å². The Kier molecular flexibility index (Phi) is 11.0. The molecule has 0 bridgehead atoms. The van der Waals surface area contributed by atoms with Gasteiger partial charge in [-0.15, -0.1) is 0 Å². The highest BCUT2D eigenvalue weighted by Crippen LogP contribution is 2.50. The lowest BCUT2D eigenvalue weighted by atomic mass is 10.1. The molecule has 0 N–H and O–H groups in total. The number of rotatable bonds is 5. The predicted octanol–water partition coefficient (Wildman–Crippen LogP) is 16.8. The van der Waals surface area contributed by atoms with Crippen LogP contribution < -0.4 is 24.5 Å². The molecule has 0 fully saturated rings. The van der Waals surface area contributed by atoms with E-state index < -0.39 is 25.2 Å². The average Bonchev–Trinajstić information content (AvgIpc) is 1.87. The fraction of sp³-hybridized carbons (Fsp3) is 0.288. The smallest absolute Gasteiger partial charge is 0.227 e. The molecule has 14 rings (SSSR count). The summed E-state index contributed by atoms with van der Waals surface area (Å²) in [4.78, 5) is 25.9. The third kappa shape index (κ3) is 8.05. The molecule has 5 aromatic carbocycles. The van der Waals surface area contributed by atoms with Crippen molar-refractivity contribution in [1.29, 1.82) is 0 Å². The van der Waals surface area contributed by atoms with E-state index in [2.05, 4.69) is 123 Å². The Morgan fingerprint density at radius 1 is 0.436 bits per heavy atom. The molecule has 0 saturated heterocycles. The first-order valence-electron chi connectivity index (χ1n) is 29.3. The first-order valence-corrected chi connectivity index (χ1v) is 26.8. The number of aryl methyl sites for hydroxylation is 6. The van der Waals surface area contributed by atoms with Crippen LogP contribution in [0.1, 0.15) is 89.1 Å². The summed E-state index contributed by atoms with van der Waals surface area (Å²) >= 11 is 0. The second-order valence-electron chi connectivity index (χ2n) is 21.4. The van der Waals surface area contributed by atoms with E-state index in [1.54, 1.807) is 0 Å². The monoisotopic (exact) mass is 1040 g/mol. The van der Waals surface area contributed by atoms with Crippen LogP contribution in [0.3, 0.4) is 0 Å². The molecule has 78 heavy (non-hydrogen) atoms. The number of anilines is 7. The number of aromatic nitrogens is 3. The summed E-state index contributed by atoms with van der Waals surface area (Å²) in [5.74, 6) is 0. The number of hydrogen-bond acceptors (Lipinski definition) is 12. The molecule has 11 aromatic rings. The van der Waals surface area contributed by atoms with Gasteiger partial charge in [0.2, 0.25) is 17.1 Å². The second kappa shape index (κ2) is 19.2. The number of hydrogen-bond donors (Lipinski definition) is 0. The van der Waals surface area contributed by atoms with Crippen LogP contribution in [0.15, 0.2) is 147 Å². The molecule has 0 spiro atoms. The van der Waals surface area contributed by atoms with Crippen molar-refractivity contribution in [3.8, 4) is 0 Å².